The van der Waals surface area contributed by atoms with E-state index >= 15 is 0 Å². The molecule has 2 aromatic carbocycles. The van der Waals surface area contributed by atoms with Crippen LogP contribution in [0.3, 0.4) is 0 Å². The number of amides is 1. The molecule has 6 nitrogen and oxygen atoms in total. The lowest BCUT2D eigenvalue weighted by Gasteiger charge is -2.12. The first-order valence-corrected chi connectivity index (χ1v) is 11.8. The summed E-state index contributed by atoms with van der Waals surface area (Å²) in [5.74, 6) is 0.682. The summed E-state index contributed by atoms with van der Waals surface area (Å²) in [5, 5.41) is 3.91. The van der Waals surface area contributed by atoms with E-state index in [1.807, 2.05) is 66.9 Å². The molecule has 156 valence electrons. The molecule has 3 N–H and O–H groups in total. The number of aromatic amines is 1. The van der Waals surface area contributed by atoms with Crippen LogP contribution in [0.2, 0.25) is 0 Å². The highest BCUT2D eigenvalue weighted by molar-refractivity contribution is 9.10. The van der Waals surface area contributed by atoms with E-state index < -0.39 is 11.4 Å². The van der Waals surface area contributed by atoms with Gasteiger partial charge in [-0.3, -0.25) is 4.79 Å². The number of nitrogens with zero attached hydrogens (tertiary/aromatic N) is 1. The molecule has 1 fully saturated rings. The quantitative estimate of drug-likeness (QED) is 0.309. The molecule has 0 saturated heterocycles. The number of fused-ring (bicyclic) bond motifs is 1. The number of halogens is 1. The van der Waals surface area contributed by atoms with Crippen LogP contribution in [0, 0.1) is 5.92 Å². The average Bonchev–Trinajstić information content (AvgIpc) is 3.52. The fraction of sp³-hybridized carbons (Fsp3) is 0.130. The van der Waals surface area contributed by atoms with Crippen molar-refractivity contribution in [1.29, 1.82) is 0 Å². The van der Waals surface area contributed by atoms with Crippen molar-refractivity contribution in [2.45, 2.75) is 17.7 Å². The molecule has 8 heteroatoms. The second kappa shape index (κ2) is 8.37. The number of aromatic nitrogens is 2. The summed E-state index contributed by atoms with van der Waals surface area (Å²) in [7, 11) is 0. The van der Waals surface area contributed by atoms with Crippen LogP contribution in [0.5, 0.6) is 0 Å². The fourth-order valence-corrected chi connectivity index (χ4v) is 4.47. The number of hydrogen-bond donors (Lipinski definition) is 3. The molecule has 1 amide bonds. The molecular formula is C23H19BrN4O2S. The van der Waals surface area contributed by atoms with Crippen LogP contribution >= 0.6 is 15.9 Å². The number of carbonyl (C=O) groups excluding carboxylic acids is 1. The molecule has 1 unspecified atom stereocenters. The lowest BCUT2D eigenvalue weighted by atomic mass is 10.0. The number of rotatable bonds is 6. The molecular weight excluding hydrogens is 476 g/mol. The maximum Gasteiger partial charge on any atom is 0.228 e. The Morgan fingerprint density at radius 3 is 2.55 bits per heavy atom. The van der Waals surface area contributed by atoms with Gasteiger partial charge in [-0.15, -0.1) is 0 Å². The molecule has 31 heavy (non-hydrogen) atoms. The molecule has 0 aliphatic heterocycles. The minimum Gasteiger partial charge on any atom is -0.588 e. The van der Waals surface area contributed by atoms with Crippen LogP contribution in [0.1, 0.15) is 12.8 Å². The molecule has 2 heterocycles. The molecule has 5 rings (SSSR count). The number of hydrogen-bond acceptors (Lipinski definition) is 4. The highest BCUT2D eigenvalue weighted by Gasteiger charge is 2.30. The fourth-order valence-electron chi connectivity index (χ4n) is 3.36. The minimum absolute atomic E-state index is 0.0272. The highest BCUT2D eigenvalue weighted by atomic mass is 79.9. The van der Waals surface area contributed by atoms with Crippen molar-refractivity contribution in [2.24, 2.45) is 5.92 Å². The summed E-state index contributed by atoms with van der Waals surface area (Å²) in [5.41, 5.74) is 3.43. The van der Waals surface area contributed by atoms with Gasteiger partial charge in [0.1, 0.15) is 22.8 Å². The summed E-state index contributed by atoms with van der Waals surface area (Å²) in [4.78, 5) is 20.5. The lowest BCUT2D eigenvalue weighted by Crippen LogP contribution is -2.14. The van der Waals surface area contributed by atoms with Gasteiger partial charge in [-0.1, -0.05) is 28.1 Å². The van der Waals surface area contributed by atoms with Gasteiger partial charge in [0.25, 0.3) is 0 Å². The summed E-state index contributed by atoms with van der Waals surface area (Å²) in [6, 6.07) is 19.0. The van der Waals surface area contributed by atoms with Crippen molar-refractivity contribution in [1.82, 2.24) is 9.97 Å². The SMILES string of the molecule is O=C(Nc1cc(-c2ccc(N[S+]([O-])c3ccc(Br)cc3)cc2)c2cc[nH]c2n1)C1CC1. The predicted octanol–water partition coefficient (Wildman–Crippen LogP) is 5.48. The van der Waals surface area contributed by atoms with Crippen LogP contribution in [-0.2, 0) is 16.2 Å². The first kappa shape index (κ1) is 20.1. The predicted molar refractivity (Wildman–Crippen MR) is 127 cm³/mol. The molecule has 0 radical (unpaired) electrons. The zero-order chi connectivity index (χ0) is 21.4. The maximum absolute atomic E-state index is 12.6. The minimum atomic E-state index is -1.35. The number of pyridine rings is 1. The van der Waals surface area contributed by atoms with Crippen molar-refractivity contribution in [3.8, 4) is 11.1 Å². The Labute approximate surface area is 190 Å². The molecule has 2 aromatic heterocycles. The molecule has 1 aliphatic carbocycles. The first-order chi connectivity index (χ1) is 15.1. The Bertz CT molecular complexity index is 1240. The zero-order valence-electron chi connectivity index (χ0n) is 16.4. The van der Waals surface area contributed by atoms with Crippen LogP contribution in [0.4, 0.5) is 11.5 Å². The summed E-state index contributed by atoms with van der Waals surface area (Å²) >= 11 is 2.03. The smallest absolute Gasteiger partial charge is 0.228 e. The topological polar surface area (TPSA) is 92.9 Å². The van der Waals surface area contributed by atoms with E-state index in [2.05, 4.69) is 35.9 Å². The lowest BCUT2D eigenvalue weighted by molar-refractivity contribution is -0.117. The first-order valence-electron chi connectivity index (χ1n) is 9.90. The summed E-state index contributed by atoms with van der Waals surface area (Å²) in [6.45, 7) is 0. The van der Waals surface area contributed by atoms with Gasteiger partial charge in [-0.25, -0.2) is 9.71 Å². The molecule has 1 saturated carbocycles. The Kier molecular flexibility index (Phi) is 5.43. The van der Waals surface area contributed by atoms with Crippen molar-refractivity contribution in [2.75, 3.05) is 10.0 Å². The molecule has 4 aromatic rings. The van der Waals surface area contributed by atoms with Gasteiger partial charge in [0.05, 0.1) is 5.69 Å². The number of anilines is 2. The van der Waals surface area contributed by atoms with Crippen molar-refractivity contribution in [3.05, 3.63) is 71.3 Å². The van der Waals surface area contributed by atoms with Gasteiger partial charge in [-0.05, 0) is 72.5 Å². The number of nitrogens with one attached hydrogen (secondary N) is 3. The van der Waals surface area contributed by atoms with Crippen molar-refractivity contribution in [3.63, 3.8) is 0 Å². The van der Waals surface area contributed by atoms with Crippen LogP contribution in [0.25, 0.3) is 22.2 Å². The van der Waals surface area contributed by atoms with Gasteiger partial charge in [0, 0.05) is 22.0 Å². The van der Waals surface area contributed by atoms with E-state index in [4.69, 9.17) is 0 Å². The normalized spacial score (nSPS) is 14.4. The average molecular weight is 495 g/mol. The third-order valence-electron chi connectivity index (χ3n) is 5.16. The monoisotopic (exact) mass is 494 g/mol. The van der Waals surface area contributed by atoms with Crippen molar-refractivity contribution < 1.29 is 9.35 Å². The van der Waals surface area contributed by atoms with Gasteiger partial charge >= 0.3 is 0 Å². The third-order valence-corrected chi connectivity index (χ3v) is 6.81. The van der Waals surface area contributed by atoms with Crippen LogP contribution < -0.4 is 10.0 Å². The summed E-state index contributed by atoms with van der Waals surface area (Å²) < 4.78 is 16.5. The number of H-pyrrole nitrogens is 1. The van der Waals surface area contributed by atoms with Gasteiger partial charge in [0.15, 0.2) is 4.90 Å². The number of carbonyl (C=O) groups is 1. The van der Waals surface area contributed by atoms with Crippen molar-refractivity contribution >= 4 is 55.7 Å². The molecule has 1 atom stereocenters. The van der Waals surface area contributed by atoms with Crippen LogP contribution in [0.15, 0.2) is 76.2 Å². The molecule has 1 aliphatic rings. The van der Waals surface area contributed by atoms with E-state index in [1.165, 1.54) is 0 Å². The molecule has 0 spiro atoms. The maximum atomic E-state index is 12.6. The standard InChI is InChI=1S/C23H19BrN4O2S/c24-16-5-9-18(10-6-16)31(30)28-17-7-3-14(4-8-17)20-13-21(27-23(29)15-1-2-15)26-22-19(20)11-12-25-22/h3-13,15,28H,1-2H2,(H2,25,26,27,29). The Morgan fingerprint density at radius 2 is 1.84 bits per heavy atom. The largest absolute Gasteiger partial charge is 0.588 e. The molecule has 0 bridgehead atoms. The van der Waals surface area contributed by atoms with Crippen LogP contribution in [-0.4, -0.2) is 20.4 Å². The Balaban J connectivity index is 1.39. The zero-order valence-corrected chi connectivity index (χ0v) is 18.8. The Hall–Kier alpha value is -2.81. The van der Waals surface area contributed by atoms with E-state index in [0.29, 0.717) is 10.7 Å². The summed E-state index contributed by atoms with van der Waals surface area (Å²) in [6.07, 6.45) is 3.73. The van der Waals surface area contributed by atoms with Gasteiger partial charge < -0.3 is 14.9 Å². The van der Waals surface area contributed by atoms with E-state index in [1.54, 1.807) is 0 Å². The second-order valence-corrected chi connectivity index (χ2v) is 9.59. The number of benzene rings is 2. The van der Waals surface area contributed by atoms with E-state index in [-0.39, 0.29) is 11.8 Å². The highest BCUT2D eigenvalue weighted by Crippen LogP contribution is 2.33. The van der Waals surface area contributed by atoms with E-state index in [0.717, 1.165) is 45.2 Å². The Morgan fingerprint density at radius 1 is 1.10 bits per heavy atom. The van der Waals surface area contributed by atoms with Gasteiger partial charge in [0.2, 0.25) is 5.91 Å². The second-order valence-electron chi connectivity index (χ2n) is 7.46. The van der Waals surface area contributed by atoms with Gasteiger partial charge in [-0.2, -0.15) is 0 Å². The third kappa shape index (κ3) is 4.46. The van der Waals surface area contributed by atoms with E-state index in [9.17, 15) is 9.35 Å².